The van der Waals surface area contributed by atoms with Crippen LogP contribution in [0.1, 0.15) is 28.9 Å². The summed E-state index contributed by atoms with van der Waals surface area (Å²) in [6.45, 7) is 1.82. The van der Waals surface area contributed by atoms with Crippen molar-refractivity contribution < 1.29 is 9.72 Å². The zero-order chi connectivity index (χ0) is 19.4. The minimum Gasteiger partial charge on any atom is -0.335 e. The average Bonchev–Trinajstić information content (AvgIpc) is 2.73. The van der Waals surface area contributed by atoms with Gasteiger partial charge < -0.3 is 4.90 Å². The molecule has 0 bridgehead atoms. The maximum atomic E-state index is 12.7. The van der Waals surface area contributed by atoms with Crippen LogP contribution in [0.3, 0.4) is 0 Å². The molecule has 1 unspecified atom stereocenters. The van der Waals surface area contributed by atoms with Crippen LogP contribution in [0.15, 0.2) is 67.0 Å². The minimum absolute atomic E-state index is 0.00394. The zero-order valence-electron chi connectivity index (χ0n) is 14.9. The van der Waals surface area contributed by atoms with Gasteiger partial charge in [-0.05, 0) is 12.5 Å². The molecule has 7 heteroatoms. The second-order valence-corrected chi connectivity index (χ2v) is 6.11. The Labute approximate surface area is 156 Å². The van der Waals surface area contributed by atoms with Crippen molar-refractivity contribution in [3.63, 3.8) is 0 Å². The highest BCUT2D eigenvalue weighted by molar-refractivity contribution is 5.93. The number of hydrogen-bond donors (Lipinski definition) is 0. The lowest BCUT2D eigenvalue weighted by molar-refractivity contribution is -0.384. The molecular weight excluding hydrogens is 344 g/mol. The SMILES string of the molecule is CC(c1cccc([N+](=O)[O-])c1)N(C)C(=O)c1cnc(-c2ccccc2)nc1. The number of amides is 1. The number of non-ortho nitro benzene ring substituents is 1. The van der Waals surface area contributed by atoms with E-state index >= 15 is 0 Å². The van der Waals surface area contributed by atoms with Crippen molar-refractivity contribution in [3.8, 4) is 11.4 Å². The van der Waals surface area contributed by atoms with Gasteiger partial charge in [-0.25, -0.2) is 9.97 Å². The number of nitro benzene ring substituents is 1. The first-order valence-corrected chi connectivity index (χ1v) is 8.36. The van der Waals surface area contributed by atoms with E-state index in [2.05, 4.69) is 9.97 Å². The van der Waals surface area contributed by atoms with Gasteiger partial charge in [0, 0.05) is 37.1 Å². The van der Waals surface area contributed by atoms with Gasteiger partial charge in [0.05, 0.1) is 16.5 Å². The fraction of sp³-hybridized carbons (Fsp3) is 0.150. The molecule has 136 valence electrons. The number of hydrogen-bond acceptors (Lipinski definition) is 5. The Balaban J connectivity index is 1.78. The average molecular weight is 362 g/mol. The summed E-state index contributed by atoms with van der Waals surface area (Å²) in [7, 11) is 1.65. The highest BCUT2D eigenvalue weighted by atomic mass is 16.6. The molecule has 1 aromatic heterocycles. The van der Waals surface area contributed by atoms with Crippen molar-refractivity contribution >= 4 is 11.6 Å². The van der Waals surface area contributed by atoms with Crippen LogP contribution in [0, 0.1) is 10.1 Å². The van der Waals surface area contributed by atoms with Crippen LogP contribution in [-0.2, 0) is 0 Å². The molecule has 3 aromatic rings. The van der Waals surface area contributed by atoms with Gasteiger partial charge in [0.15, 0.2) is 5.82 Å². The molecule has 1 heterocycles. The van der Waals surface area contributed by atoms with Crippen LogP contribution in [0.5, 0.6) is 0 Å². The van der Waals surface area contributed by atoms with E-state index in [1.165, 1.54) is 29.4 Å². The Hall–Kier alpha value is -3.61. The monoisotopic (exact) mass is 362 g/mol. The van der Waals surface area contributed by atoms with Crippen molar-refractivity contribution in [1.29, 1.82) is 0 Å². The van der Waals surface area contributed by atoms with Gasteiger partial charge in [0.25, 0.3) is 11.6 Å². The largest absolute Gasteiger partial charge is 0.335 e. The quantitative estimate of drug-likeness (QED) is 0.507. The van der Waals surface area contributed by atoms with Crippen LogP contribution in [-0.4, -0.2) is 32.7 Å². The third-order valence-electron chi connectivity index (χ3n) is 4.40. The zero-order valence-corrected chi connectivity index (χ0v) is 14.9. The van der Waals surface area contributed by atoms with Crippen molar-refractivity contribution in [2.24, 2.45) is 0 Å². The van der Waals surface area contributed by atoms with E-state index in [-0.39, 0.29) is 17.6 Å². The van der Waals surface area contributed by atoms with Crippen molar-refractivity contribution in [2.75, 3.05) is 7.05 Å². The summed E-state index contributed by atoms with van der Waals surface area (Å²) in [5, 5.41) is 11.0. The fourth-order valence-electron chi connectivity index (χ4n) is 2.68. The molecule has 0 fully saturated rings. The van der Waals surface area contributed by atoms with E-state index in [0.29, 0.717) is 17.0 Å². The van der Waals surface area contributed by atoms with Gasteiger partial charge in [0.1, 0.15) is 0 Å². The number of nitrogens with zero attached hydrogens (tertiary/aromatic N) is 4. The molecule has 0 aliphatic carbocycles. The summed E-state index contributed by atoms with van der Waals surface area (Å²) >= 11 is 0. The van der Waals surface area contributed by atoms with Crippen molar-refractivity contribution in [2.45, 2.75) is 13.0 Å². The summed E-state index contributed by atoms with van der Waals surface area (Å²) in [5.41, 5.74) is 1.90. The molecule has 0 spiro atoms. The van der Waals surface area contributed by atoms with E-state index in [1.54, 1.807) is 19.2 Å². The minimum atomic E-state index is -0.450. The lowest BCUT2D eigenvalue weighted by Crippen LogP contribution is -2.29. The number of benzene rings is 2. The van der Waals surface area contributed by atoms with Crippen molar-refractivity contribution in [1.82, 2.24) is 14.9 Å². The van der Waals surface area contributed by atoms with Gasteiger partial charge in [-0.2, -0.15) is 0 Å². The second-order valence-electron chi connectivity index (χ2n) is 6.11. The molecule has 0 aliphatic rings. The Bertz CT molecular complexity index is 958. The first-order valence-electron chi connectivity index (χ1n) is 8.36. The van der Waals surface area contributed by atoms with E-state index in [9.17, 15) is 14.9 Å². The molecule has 0 aliphatic heterocycles. The lowest BCUT2D eigenvalue weighted by atomic mass is 10.1. The number of aromatic nitrogens is 2. The second kappa shape index (κ2) is 7.74. The Morgan fingerprint density at radius 2 is 1.74 bits per heavy atom. The predicted octanol–water partition coefficient (Wildman–Crippen LogP) is 3.89. The molecule has 0 radical (unpaired) electrons. The van der Waals surface area contributed by atoms with Crippen LogP contribution in [0.25, 0.3) is 11.4 Å². The van der Waals surface area contributed by atoms with Gasteiger partial charge >= 0.3 is 0 Å². The van der Waals surface area contributed by atoms with Crippen LogP contribution >= 0.6 is 0 Å². The summed E-state index contributed by atoms with van der Waals surface area (Å²) in [6.07, 6.45) is 2.99. The first-order chi connectivity index (χ1) is 13.0. The summed E-state index contributed by atoms with van der Waals surface area (Å²) in [4.78, 5) is 33.3. The molecular formula is C20H18N4O3. The molecule has 0 N–H and O–H groups in total. The summed E-state index contributed by atoms with van der Waals surface area (Å²) in [6, 6.07) is 15.4. The third kappa shape index (κ3) is 3.98. The highest BCUT2D eigenvalue weighted by Crippen LogP contribution is 2.24. The Kier molecular flexibility index (Phi) is 5.21. The lowest BCUT2D eigenvalue weighted by Gasteiger charge is -2.25. The standard InChI is InChI=1S/C20H18N4O3/c1-14(16-9-6-10-18(11-16)24(26)27)23(2)20(25)17-12-21-19(22-13-17)15-7-4-3-5-8-15/h3-14H,1-2H3. The van der Waals surface area contributed by atoms with Gasteiger partial charge in [0.2, 0.25) is 0 Å². The predicted molar refractivity (Wildman–Crippen MR) is 101 cm³/mol. The summed E-state index contributed by atoms with van der Waals surface area (Å²) in [5.74, 6) is 0.287. The molecule has 1 amide bonds. The van der Waals surface area contributed by atoms with Crippen LogP contribution < -0.4 is 0 Å². The van der Waals surface area contributed by atoms with Gasteiger partial charge in [-0.1, -0.05) is 42.5 Å². The van der Waals surface area contributed by atoms with Gasteiger partial charge in [-0.15, -0.1) is 0 Å². The fourth-order valence-corrected chi connectivity index (χ4v) is 2.68. The smallest absolute Gasteiger partial charge is 0.269 e. The van der Waals surface area contributed by atoms with Crippen molar-refractivity contribution in [3.05, 3.63) is 88.2 Å². The third-order valence-corrected chi connectivity index (χ3v) is 4.40. The highest BCUT2D eigenvalue weighted by Gasteiger charge is 2.21. The van der Waals surface area contributed by atoms with Crippen LogP contribution in [0.2, 0.25) is 0 Å². The molecule has 3 rings (SSSR count). The topological polar surface area (TPSA) is 89.2 Å². The molecule has 0 saturated heterocycles. The van der Waals surface area contributed by atoms with Gasteiger partial charge in [-0.3, -0.25) is 14.9 Å². The normalized spacial score (nSPS) is 11.6. The molecule has 0 saturated carbocycles. The molecule has 2 aromatic carbocycles. The number of carbonyl (C=O) groups is 1. The molecule has 27 heavy (non-hydrogen) atoms. The summed E-state index contributed by atoms with van der Waals surface area (Å²) < 4.78 is 0. The maximum absolute atomic E-state index is 12.7. The van der Waals surface area contributed by atoms with E-state index < -0.39 is 4.92 Å². The number of nitro groups is 1. The van der Waals surface area contributed by atoms with E-state index in [1.807, 2.05) is 37.3 Å². The molecule has 7 nitrogen and oxygen atoms in total. The Morgan fingerprint density at radius 3 is 2.37 bits per heavy atom. The van der Waals surface area contributed by atoms with E-state index in [4.69, 9.17) is 0 Å². The number of carbonyl (C=O) groups excluding carboxylic acids is 1. The van der Waals surface area contributed by atoms with E-state index in [0.717, 1.165) is 5.56 Å². The first kappa shape index (κ1) is 18.2. The number of rotatable bonds is 5. The maximum Gasteiger partial charge on any atom is 0.269 e. The van der Waals surface area contributed by atoms with Crippen LogP contribution in [0.4, 0.5) is 5.69 Å². The molecule has 1 atom stereocenters. The Morgan fingerprint density at radius 1 is 1.07 bits per heavy atom.